The molecule has 1 aromatic carbocycles. The summed E-state index contributed by atoms with van der Waals surface area (Å²) < 4.78 is 2.25. The summed E-state index contributed by atoms with van der Waals surface area (Å²) in [7, 11) is 0. The fourth-order valence-corrected chi connectivity index (χ4v) is 4.44. The zero-order valence-corrected chi connectivity index (χ0v) is 18.9. The first-order chi connectivity index (χ1) is 15.3. The van der Waals surface area contributed by atoms with E-state index >= 15 is 0 Å². The van der Waals surface area contributed by atoms with Gasteiger partial charge in [0.05, 0.1) is 22.3 Å². The minimum atomic E-state index is -0.524. The van der Waals surface area contributed by atoms with E-state index in [4.69, 9.17) is 10.7 Å². The van der Waals surface area contributed by atoms with Gasteiger partial charge in [-0.2, -0.15) is 0 Å². The number of aromatic nitrogens is 4. The van der Waals surface area contributed by atoms with Gasteiger partial charge in [0, 0.05) is 44.1 Å². The van der Waals surface area contributed by atoms with Crippen molar-refractivity contribution in [1.29, 1.82) is 0 Å². The number of rotatable bonds is 7. The second-order valence-electron chi connectivity index (χ2n) is 8.79. The van der Waals surface area contributed by atoms with Crippen LogP contribution in [0.3, 0.4) is 0 Å². The molecule has 1 fully saturated rings. The van der Waals surface area contributed by atoms with E-state index in [0.717, 1.165) is 36.2 Å². The molecular formula is C24H30N6O2. The highest BCUT2D eigenvalue weighted by Gasteiger charge is 2.29. The average Bonchev–Trinajstić information content (AvgIpc) is 3.39. The van der Waals surface area contributed by atoms with Crippen molar-refractivity contribution in [2.75, 3.05) is 13.1 Å². The van der Waals surface area contributed by atoms with E-state index in [1.54, 1.807) is 6.92 Å². The van der Waals surface area contributed by atoms with Gasteiger partial charge in [-0.15, -0.1) is 0 Å². The summed E-state index contributed by atoms with van der Waals surface area (Å²) in [6.07, 6.45) is 3.58. The first-order valence-electron chi connectivity index (χ1n) is 11.2. The van der Waals surface area contributed by atoms with Gasteiger partial charge >= 0.3 is 0 Å². The number of fused-ring (bicyclic) bond motifs is 1. The maximum absolute atomic E-state index is 12.8. The minimum absolute atomic E-state index is 0.0877. The standard InChI is InChI=1S/C24H30N6O2/c1-15(2)24-28-19-7-4-5-8-20(19)30(24)11-6-9-21(31)29-12-10-17(14-29)23-26-13-18(22(25)32)16(3)27-23/h4-5,7-8,13,15,17H,6,9-12,14H2,1-3H3,(H2,25,32)/t17-/m0/s1. The van der Waals surface area contributed by atoms with Crippen molar-refractivity contribution in [3.05, 3.63) is 53.4 Å². The summed E-state index contributed by atoms with van der Waals surface area (Å²) >= 11 is 0. The quantitative estimate of drug-likeness (QED) is 0.615. The van der Waals surface area contributed by atoms with Crippen molar-refractivity contribution >= 4 is 22.8 Å². The summed E-state index contributed by atoms with van der Waals surface area (Å²) in [5.41, 5.74) is 8.39. The van der Waals surface area contributed by atoms with Crippen molar-refractivity contribution in [1.82, 2.24) is 24.4 Å². The Morgan fingerprint density at radius 1 is 1.22 bits per heavy atom. The van der Waals surface area contributed by atoms with Crippen LogP contribution in [0.5, 0.6) is 0 Å². The second kappa shape index (κ2) is 9.06. The third kappa shape index (κ3) is 4.35. The number of aryl methyl sites for hydroxylation is 2. The molecule has 8 nitrogen and oxygen atoms in total. The molecule has 1 atom stereocenters. The van der Waals surface area contributed by atoms with Crippen LogP contribution in [0.2, 0.25) is 0 Å². The van der Waals surface area contributed by atoms with Crippen molar-refractivity contribution in [3.8, 4) is 0 Å². The number of para-hydroxylation sites is 2. The van der Waals surface area contributed by atoms with E-state index in [0.29, 0.717) is 42.5 Å². The lowest BCUT2D eigenvalue weighted by atomic mass is 10.1. The second-order valence-corrected chi connectivity index (χ2v) is 8.79. The van der Waals surface area contributed by atoms with Gasteiger partial charge in [0.2, 0.25) is 5.91 Å². The van der Waals surface area contributed by atoms with Crippen molar-refractivity contribution in [2.24, 2.45) is 5.73 Å². The number of hydrogen-bond acceptors (Lipinski definition) is 5. The zero-order valence-electron chi connectivity index (χ0n) is 18.9. The topological polar surface area (TPSA) is 107 Å². The lowest BCUT2D eigenvalue weighted by Crippen LogP contribution is -2.28. The van der Waals surface area contributed by atoms with E-state index in [1.165, 1.54) is 6.20 Å². The Morgan fingerprint density at radius 3 is 2.72 bits per heavy atom. The van der Waals surface area contributed by atoms with Crippen LogP contribution in [-0.4, -0.2) is 49.3 Å². The first-order valence-corrected chi connectivity index (χ1v) is 11.2. The van der Waals surface area contributed by atoms with Crippen LogP contribution in [0, 0.1) is 6.92 Å². The summed E-state index contributed by atoms with van der Waals surface area (Å²) in [5, 5.41) is 0. The summed E-state index contributed by atoms with van der Waals surface area (Å²) in [4.78, 5) is 39.7. The monoisotopic (exact) mass is 434 g/mol. The summed E-state index contributed by atoms with van der Waals surface area (Å²) in [5.74, 6) is 1.78. The third-order valence-electron chi connectivity index (χ3n) is 6.14. The third-order valence-corrected chi connectivity index (χ3v) is 6.14. The van der Waals surface area contributed by atoms with Gasteiger partial charge in [-0.1, -0.05) is 26.0 Å². The normalized spacial score (nSPS) is 16.2. The van der Waals surface area contributed by atoms with E-state index in [9.17, 15) is 9.59 Å². The highest BCUT2D eigenvalue weighted by Crippen LogP contribution is 2.26. The molecule has 1 aliphatic heterocycles. The molecule has 2 N–H and O–H groups in total. The maximum Gasteiger partial charge on any atom is 0.252 e. The van der Waals surface area contributed by atoms with Crippen molar-refractivity contribution in [2.45, 2.75) is 58.4 Å². The number of amides is 2. The van der Waals surface area contributed by atoms with Crippen LogP contribution < -0.4 is 5.73 Å². The Hall–Kier alpha value is -3.29. The molecule has 2 amide bonds. The van der Waals surface area contributed by atoms with Crippen LogP contribution in [0.1, 0.15) is 72.6 Å². The molecule has 4 rings (SSSR count). The predicted molar refractivity (Wildman–Crippen MR) is 122 cm³/mol. The molecule has 32 heavy (non-hydrogen) atoms. The van der Waals surface area contributed by atoms with Gasteiger partial charge in [-0.3, -0.25) is 9.59 Å². The molecule has 1 aliphatic rings. The van der Waals surface area contributed by atoms with Gasteiger partial charge in [0.1, 0.15) is 11.6 Å². The van der Waals surface area contributed by atoms with Crippen molar-refractivity contribution in [3.63, 3.8) is 0 Å². The Balaban J connectivity index is 1.36. The van der Waals surface area contributed by atoms with E-state index in [2.05, 4.69) is 34.4 Å². The predicted octanol–water partition coefficient (Wildman–Crippen LogP) is 3.15. The maximum atomic E-state index is 12.8. The fraction of sp³-hybridized carbons (Fsp3) is 0.458. The molecule has 2 aromatic heterocycles. The van der Waals surface area contributed by atoms with Gasteiger partial charge in [0.25, 0.3) is 5.91 Å². The number of nitrogens with two attached hydrogens (primary N) is 1. The van der Waals surface area contributed by atoms with E-state index in [1.807, 2.05) is 23.1 Å². The summed E-state index contributed by atoms with van der Waals surface area (Å²) in [6, 6.07) is 8.16. The van der Waals surface area contributed by atoms with Gasteiger partial charge in [0.15, 0.2) is 0 Å². The Bertz CT molecular complexity index is 1150. The Morgan fingerprint density at radius 2 is 2.00 bits per heavy atom. The fourth-order valence-electron chi connectivity index (χ4n) is 4.44. The number of carbonyl (C=O) groups excluding carboxylic acids is 2. The van der Waals surface area contributed by atoms with Gasteiger partial charge < -0.3 is 15.2 Å². The largest absolute Gasteiger partial charge is 0.365 e. The molecule has 0 aliphatic carbocycles. The van der Waals surface area contributed by atoms with Gasteiger partial charge in [-0.05, 0) is 31.9 Å². The number of nitrogens with zero attached hydrogens (tertiary/aromatic N) is 5. The molecule has 1 saturated heterocycles. The van der Waals surface area contributed by atoms with E-state index in [-0.39, 0.29) is 11.8 Å². The molecule has 168 valence electrons. The number of carbonyl (C=O) groups is 2. The number of imidazole rings is 1. The number of primary amides is 1. The van der Waals surface area contributed by atoms with Crippen LogP contribution in [0.15, 0.2) is 30.5 Å². The molecule has 8 heteroatoms. The van der Waals surface area contributed by atoms with Crippen LogP contribution in [0.25, 0.3) is 11.0 Å². The highest BCUT2D eigenvalue weighted by atomic mass is 16.2. The molecule has 0 unspecified atom stereocenters. The molecule has 0 spiro atoms. The SMILES string of the molecule is Cc1nc([C@H]2CCN(C(=O)CCCn3c(C(C)C)nc4ccccc43)C2)ncc1C(N)=O. The highest BCUT2D eigenvalue weighted by molar-refractivity contribution is 5.93. The molecular weight excluding hydrogens is 404 g/mol. The minimum Gasteiger partial charge on any atom is -0.365 e. The number of hydrogen-bond donors (Lipinski definition) is 1. The number of likely N-dealkylation sites (tertiary alicyclic amines) is 1. The molecule has 0 bridgehead atoms. The zero-order chi connectivity index (χ0) is 22.8. The lowest BCUT2D eigenvalue weighted by molar-refractivity contribution is -0.130. The first kappa shape index (κ1) is 21.9. The Kier molecular flexibility index (Phi) is 6.21. The number of benzene rings is 1. The smallest absolute Gasteiger partial charge is 0.252 e. The van der Waals surface area contributed by atoms with E-state index < -0.39 is 5.91 Å². The molecule has 0 saturated carbocycles. The van der Waals surface area contributed by atoms with Crippen molar-refractivity contribution < 1.29 is 9.59 Å². The van der Waals surface area contributed by atoms with Gasteiger partial charge in [-0.25, -0.2) is 15.0 Å². The lowest BCUT2D eigenvalue weighted by Gasteiger charge is -2.17. The molecule has 3 heterocycles. The summed E-state index contributed by atoms with van der Waals surface area (Å²) in [6.45, 7) is 8.14. The molecule has 0 radical (unpaired) electrons. The average molecular weight is 435 g/mol. The van der Waals surface area contributed by atoms with Crippen LogP contribution in [0.4, 0.5) is 0 Å². The Labute approximate surface area is 187 Å². The van der Waals surface area contributed by atoms with Crippen LogP contribution in [-0.2, 0) is 11.3 Å². The molecule has 3 aromatic rings. The van der Waals surface area contributed by atoms with Crippen LogP contribution >= 0.6 is 0 Å².